The van der Waals surface area contributed by atoms with Crippen LogP contribution in [0.1, 0.15) is 69.1 Å². The molecule has 7 N–H and O–H groups in total. The van der Waals surface area contributed by atoms with Crippen molar-refractivity contribution >= 4 is 73.9 Å². The minimum absolute atomic E-state index is 0.0880. The zero-order valence-corrected chi connectivity index (χ0v) is 30.9. The number of hydrogen-bond acceptors (Lipinski definition) is 7. The van der Waals surface area contributed by atoms with Gasteiger partial charge < -0.3 is 40.3 Å². The van der Waals surface area contributed by atoms with Crippen LogP contribution in [0.2, 0.25) is 10.0 Å². The van der Waals surface area contributed by atoms with Crippen molar-refractivity contribution in [3.05, 3.63) is 97.4 Å². The summed E-state index contributed by atoms with van der Waals surface area (Å²) in [6.45, 7) is 10.1. The van der Waals surface area contributed by atoms with Crippen LogP contribution in [0.5, 0.6) is 5.75 Å². The number of aryl methyl sites for hydroxylation is 4. The number of carbonyl (C=O) groups excluding carboxylic acids is 1. The number of amides is 1. The second-order valence-corrected chi connectivity index (χ2v) is 13.4. The van der Waals surface area contributed by atoms with Gasteiger partial charge in [-0.15, -0.1) is 0 Å². The summed E-state index contributed by atoms with van der Waals surface area (Å²) in [6.07, 6.45) is 1.03. The summed E-state index contributed by atoms with van der Waals surface area (Å²) < 4.78 is 13.0. The summed E-state index contributed by atoms with van der Waals surface area (Å²) in [4.78, 5) is 30.0. The van der Waals surface area contributed by atoms with Gasteiger partial charge in [0.05, 0.1) is 35.0 Å². The van der Waals surface area contributed by atoms with Crippen molar-refractivity contribution in [1.82, 2.24) is 15.0 Å². The van der Waals surface area contributed by atoms with E-state index in [1.165, 1.54) is 0 Å². The smallest absolute Gasteiger partial charge is 0.352 e. The number of nitrogens with two attached hydrogens (primary N) is 1. The number of nitrogens with zero attached hydrogens (tertiary/aromatic N) is 1. The Labute approximate surface area is 306 Å². The first-order chi connectivity index (χ1) is 24.3. The monoisotopic (exact) mass is 732 g/mol. The number of anilines is 1. The molecule has 0 aliphatic heterocycles. The Morgan fingerprint density at radius 3 is 2.37 bits per heavy atom. The molecule has 13 heteroatoms. The van der Waals surface area contributed by atoms with E-state index in [2.05, 4.69) is 15.7 Å². The maximum absolute atomic E-state index is 14.4. The number of aromatic amines is 1. The molecule has 5 aromatic rings. The van der Waals surface area contributed by atoms with Crippen LogP contribution in [0.4, 0.5) is 5.69 Å². The van der Waals surface area contributed by atoms with Crippen LogP contribution in [0.25, 0.3) is 27.4 Å². The largest absolute Gasteiger partial charge is 0.494 e. The molecule has 268 valence electrons. The summed E-state index contributed by atoms with van der Waals surface area (Å²) in [6, 6.07) is 12.7. The number of carboxylic acids is 1. The standard InChI is InChI=1S/C38H42Cl2N6O5/c1-19-14-24-18-30(38(48)49)46(11-13-50-6)36(24)29(15-19)43-37(47)35-26(8-7-12-51-25-16-20(2)33(40)21(3)17-25)27-9-10-28(39)32(34(27)44-35)31(22(4)41)23(5)45-42/h9-10,14-18,41,44-45H,7-8,11-13,42H2,1-6H3,(H,43,47)(H,48,49)/b31-23+,41-22?. The van der Waals surface area contributed by atoms with Gasteiger partial charge >= 0.3 is 5.97 Å². The molecule has 3 aromatic carbocycles. The molecule has 51 heavy (non-hydrogen) atoms. The van der Waals surface area contributed by atoms with Crippen LogP contribution >= 0.6 is 23.2 Å². The second kappa shape index (κ2) is 15.6. The summed E-state index contributed by atoms with van der Waals surface area (Å²) in [7, 11) is 1.55. The first kappa shape index (κ1) is 37.4. The van der Waals surface area contributed by atoms with Gasteiger partial charge in [0.2, 0.25) is 0 Å². The van der Waals surface area contributed by atoms with Gasteiger partial charge in [0.1, 0.15) is 17.1 Å². The van der Waals surface area contributed by atoms with E-state index < -0.39 is 11.9 Å². The highest BCUT2D eigenvalue weighted by atomic mass is 35.5. The predicted molar refractivity (Wildman–Crippen MR) is 205 cm³/mol. The van der Waals surface area contributed by atoms with Gasteiger partial charge in [0.25, 0.3) is 5.91 Å². The maximum atomic E-state index is 14.4. The normalized spacial score (nSPS) is 11.9. The van der Waals surface area contributed by atoms with Gasteiger partial charge in [-0.3, -0.25) is 10.6 Å². The number of aromatic nitrogens is 2. The minimum atomic E-state index is -1.08. The predicted octanol–water partition coefficient (Wildman–Crippen LogP) is 8.20. The van der Waals surface area contributed by atoms with E-state index in [0.29, 0.717) is 79.9 Å². The molecule has 0 saturated heterocycles. The van der Waals surface area contributed by atoms with Crippen molar-refractivity contribution in [2.45, 2.75) is 54.0 Å². The van der Waals surface area contributed by atoms with Crippen molar-refractivity contribution in [2.75, 3.05) is 25.6 Å². The first-order valence-electron chi connectivity index (χ1n) is 16.4. The molecule has 0 atom stereocenters. The quantitative estimate of drug-likeness (QED) is 0.0290. The molecule has 1 amide bonds. The molecule has 0 unspecified atom stereocenters. The number of halogens is 2. The Hall–Kier alpha value is -4.81. The van der Waals surface area contributed by atoms with Crippen LogP contribution in [0.3, 0.4) is 0 Å². The summed E-state index contributed by atoms with van der Waals surface area (Å²) in [5.74, 6) is 4.99. The Balaban J connectivity index is 1.61. The number of carboxylic acid groups (broad SMARTS) is 1. The summed E-state index contributed by atoms with van der Waals surface area (Å²) in [5, 5.41) is 24.2. The Bertz CT molecular complexity index is 2190. The van der Waals surface area contributed by atoms with E-state index in [1.807, 2.05) is 51.1 Å². The SMILES string of the molecule is COCCn1c(C(=O)O)cc2cc(C)cc(NC(=O)c3[nH]c4c(/C(C(C)=N)=C(\C)NN)c(Cl)ccc4c3CCCOc3cc(C)c(Cl)c(C)c3)c21. The van der Waals surface area contributed by atoms with E-state index in [-0.39, 0.29) is 24.6 Å². The maximum Gasteiger partial charge on any atom is 0.352 e. The highest BCUT2D eigenvalue weighted by Gasteiger charge is 2.25. The number of fused-ring (bicyclic) bond motifs is 2. The zero-order valence-electron chi connectivity index (χ0n) is 29.4. The van der Waals surface area contributed by atoms with Crippen molar-refractivity contribution in [3.63, 3.8) is 0 Å². The fourth-order valence-corrected chi connectivity index (χ4v) is 6.95. The number of rotatable bonds is 14. The van der Waals surface area contributed by atoms with Gasteiger partial charge in [-0.1, -0.05) is 29.3 Å². The van der Waals surface area contributed by atoms with E-state index in [4.69, 9.17) is 43.9 Å². The van der Waals surface area contributed by atoms with Crippen LogP contribution in [0.15, 0.2) is 48.2 Å². The van der Waals surface area contributed by atoms with Crippen molar-refractivity contribution in [3.8, 4) is 5.75 Å². The molecule has 0 bridgehead atoms. The lowest BCUT2D eigenvalue weighted by Crippen LogP contribution is -2.22. The topological polar surface area (TPSA) is 167 Å². The average molecular weight is 734 g/mol. The molecule has 2 heterocycles. The number of carbonyl (C=O) groups is 2. The molecule has 0 fully saturated rings. The van der Waals surface area contributed by atoms with Gasteiger partial charge in [-0.2, -0.15) is 0 Å². The average Bonchev–Trinajstić information content (AvgIpc) is 3.64. The molecule has 0 aliphatic carbocycles. The third kappa shape index (κ3) is 7.62. The van der Waals surface area contributed by atoms with Crippen LogP contribution in [-0.2, 0) is 17.7 Å². The molecular weight excluding hydrogens is 691 g/mol. The molecular formula is C38H42Cl2N6O5. The first-order valence-corrected chi connectivity index (χ1v) is 17.2. The van der Waals surface area contributed by atoms with Gasteiger partial charge in [-0.25, -0.2) is 4.79 Å². The van der Waals surface area contributed by atoms with Crippen LogP contribution in [-0.4, -0.2) is 52.6 Å². The van der Waals surface area contributed by atoms with E-state index in [1.54, 1.807) is 37.7 Å². The number of hydrogen-bond donors (Lipinski definition) is 6. The summed E-state index contributed by atoms with van der Waals surface area (Å²) >= 11 is 13.2. The minimum Gasteiger partial charge on any atom is -0.494 e. The number of methoxy groups -OCH3 is 1. The highest BCUT2D eigenvalue weighted by Crippen LogP contribution is 2.37. The Kier molecular flexibility index (Phi) is 11.5. The molecule has 0 saturated carbocycles. The lowest BCUT2D eigenvalue weighted by molar-refractivity contribution is 0.0683. The number of nitrogens with one attached hydrogen (secondary N) is 4. The van der Waals surface area contributed by atoms with E-state index in [9.17, 15) is 14.7 Å². The number of ether oxygens (including phenoxy) is 2. The van der Waals surface area contributed by atoms with Gasteiger partial charge in [0.15, 0.2) is 0 Å². The molecule has 0 spiro atoms. The zero-order chi connectivity index (χ0) is 37.1. The number of aromatic carboxylic acids is 1. The Morgan fingerprint density at radius 2 is 1.75 bits per heavy atom. The van der Waals surface area contributed by atoms with E-state index >= 15 is 0 Å². The van der Waals surface area contributed by atoms with Crippen molar-refractivity contribution in [1.29, 1.82) is 5.41 Å². The molecule has 11 nitrogen and oxygen atoms in total. The van der Waals surface area contributed by atoms with E-state index in [0.717, 1.165) is 27.6 Å². The molecule has 2 aromatic heterocycles. The number of hydrazine groups is 1. The third-order valence-electron chi connectivity index (χ3n) is 8.85. The lowest BCUT2D eigenvalue weighted by atomic mass is 9.96. The molecule has 0 radical (unpaired) electrons. The Morgan fingerprint density at radius 1 is 1.04 bits per heavy atom. The second-order valence-electron chi connectivity index (χ2n) is 12.6. The lowest BCUT2D eigenvalue weighted by Gasteiger charge is -2.14. The van der Waals surface area contributed by atoms with Gasteiger partial charge in [0, 0.05) is 52.0 Å². The number of benzene rings is 3. The van der Waals surface area contributed by atoms with Crippen LogP contribution < -0.4 is 21.3 Å². The summed E-state index contributed by atoms with van der Waals surface area (Å²) in [5.41, 5.74) is 9.88. The number of allylic oxidation sites excluding steroid dienone is 2. The van der Waals surface area contributed by atoms with Gasteiger partial charge in [-0.05, 0) is 106 Å². The fourth-order valence-electron chi connectivity index (χ4n) is 6.58. The molecule has 0 aliphatic rings. The van der Waals surface area contributed by atoms with Crippen LogP contribution in [0, 0.1) is 26.2 Å². The third-order valence-corrected chi connectivity index (χ3v) is 9.76. The van der Waals surface area contributed by atoms with Crippen molar-refractivity contribution < 1.29 is 24.2 Å². The fraction of sp³-hybridized carbons (Fsp3) is 0.289. The highest BCUT2D eigenvalue weighted by molar-refractivity contribution is 6.37. The number of H-pyrrole nitrogens is 1. The molecule has 5 rings (SSSR count). The van der Waals surface area contributed by atoms with Crippen molar-refractivity contribution in [2.24, 2.45) is 5.84 Å².